The summed E-state index contributed by atoms with van der Waals surface area (Å²) in [6.07, 6.45) is 0. The van der Waals surface area contributed by atoms with Crippen LogP contribution in [0.3, 0.4) is 0 Å². The number of rotatable bonds is 0. The average Bonchev–Trinajstić information content (AvgIpc) is 0. The summed E-state index contributed by atoms with van der Waals surface area (Å²) in [6, 6.07) is 0. The van der Waals surface area contributed by atoms with Crippen molar-refractivity contribution in [3.63, 3.8) is 0 Å². The van der Waals surface area contributed by atoms with E-state index < -0.39 is 0 Å². The first-order valence-corrected chi connectivity index (χ1v) is 0. The first kappa shape index (κ1) is 111. The Balaban J connectivity index is 0. The quantitative estimate of drug-likeness (QED) is 0.388. The van der Waals surface area contributed by atoms with Gasteiger partial charge >= 0.3 is 33.9 Å². The molecular weight excluding hydrogens is 288 g/mol. The monoisotopic (exact) mass is 285 g/mol. The van der Waals surface area contributed by atoms with E-state index in [4.69, 9.17) is 0 Å². The minimum absolute atomic E-state index is 0. The van der Waals surface area contributed by atoms with Gasteiger partial charge in [-0.15, -0.1) is 0 Å². The Labute approximate surface area is 95.1 Å². The standard InChI is InChI=1S/5ClH.Cr.Ni/h5*1H;;/q;;;;;+3;+2/p-5. The van der Waals surface area contributed by atoms with Gasteiger partial charge in [0.25, 0.3) is 0 Å². The zero-order chi connectivity index (χ0) is 0. The summed E-state index contributed by atoms with van der Waals surface area (Å²) in [6.45, 7) is 0. The van der Waals surface area contributed by atoms with Crippen molar-refractivity contribution in [1.29, 1.82) is 0 Å². The number of hydrogen-bond donors (Lipinski definition) is 0. The Hall–Kier alpha value is 2.48. The van der Waals surface area contributed by atoms with E-state index in [1.807, 2.05) is 0 Å². The molecule has 0 nitrogen and oxygen atoms in total. The maximum absolute atomic E-state index is 0. The molecule has 0 aliphatic rings. The van der Waals surface area contributed by atoms with E-state index in [2.05, 4.69) is 0 Å². The van der Waals surface area contributed by atoms with Crippen molar-refractivity contribution in [1.82, 2.24) is 0 Å². The van der Waals surface area contributed by atoms with Crippen molar-refractivity contribution in [2.75, 3.05) is 0 Å². The number of hydrogen-bond acceptors (Lipinski definition) is 0. The van der Waals surface area contributed by atoms with E-state index in [-0.39, 0.29) is 95.9 Å². The molecule has 0 rings (SSSR count). The summed E-state index contributed by atoms with van der Waals surface area (Å²) in [5.41, 5.74) is 0. The zero-order valence-corrected chi connectivity index (χ0v) is 8.66. The van der Waals surface area contributed by atoms with Gasteiger partial charge in [-0.25, -0.2) is 0 Å². The van der Waals surface area contributed by atoms with Gasteiger partial charge < -0.3 is 62.0 Å². The molecule has 7 heteroatoms. The summed E-state index contributed by atoms with van der Waals surface area (Å²) < 4.78 is 0. The van der Waals surface area contributed by atoms with Gasteiger partial charge in [-0.3, -0.25) is 0 Å². The molecule has 0 aromatic heterocycles. The first-order chi connectivity index (χ1) is 0. The molecule has 0 N–H and O–H groups in total. The second-order valence-electron chi connectivity index (χ2n) is 0. The molecule has 0 fully saturated rings. The van der Waals surface area contributed by atoms with Crippen LogP contribution in [0.15, 0.2) is 0 Å². The molecule has 51 valence electrons. The smallest absolute Gasteiger partial charge is 1.00 e. The molecule has 0 aromatic rings. The van der Waals surface area contributed by atoms with Gasteiger partial charge in [0.15, 0.2) is 0 Å². The first-order valence-electron chi connectivity index (χ1n) is 0. The molecule has 7 heavy (non-hydrogen) atoms. The van der Waals surface area contributed by atoms with Crippen LogP contribution >= 0.6 is 0 Å². The summed E-state index contributed by atoms with van der Waals surface area (Å²) >= 11 is 0. The molecule has 0 aliphatic heterocycles. The van der Waals surface area contributed by atoms with Crippen molar-refractivity contribution < 1.29 is 95.9 Å². The maximum Gasteiger partial charge on any atom is 3.00 e. The van der Waals surface area contributed by atoms with Gasteiger partial charge in [0.2, 0.25) is 0 Å². The molecule has 0 spiro atoms. The minimum Gasteiger partial charge on any atom is -1.00 e. The third-order valence-corrected chi connectivity index (χ3v) is 0. The third kappa shape index (κ3) is 58.0. The van der Waals surface area contributed by atoms with Crippen LogP contribution in [0, 0.1) is 0 Å². The predicted molar refractivity (Wildman–Crippen MR) is 0 cm³/mol. The Morgan fingerprint density at radius 3 is 0.429 bits per heavy atom. The SMILES string of the molecule is [Cl-].[Cl-].[Cl-].[Cl-].[Cl-].[Cr+3].[Ni+2]. The van der Waals surface area contributed by atoms with E-state index in [0.29, 0.717) is 0 Å². The fourth-order valence-corrected chi connectivity index (χ4v) is 0. The van der Waals surface area contributed by atoms with E-state index in [1.54, 1.807) is 0 Å². The maximum atomic E-state index is 0. The largest absolute Gasteiger partial charge is 3.00 e. The molecule has 0 saturated heterocycles. The predicted octanol–water partition coefficient (Wildman–Crippen LogP) is -15.0. The van der Waals surface area contributed by atoms with Crippen molar-refractivity contribution in [2.24, 2.45) is 0 Å². The van der Waals surface area contributed by atoms with Crippen LogP contribution in [0.1, 0.15) is 0 Å². The molecule has 0 aromatic carbocycles. The van der Waals surface area contributed by atoms with Crippen LogP contribution in [0.25, 0.3) is 0 Å². The third-order valence-electron chi connectivity index (χ3n) is 0. The molecule has 0 amide bonds. The molecule has 0 unspecified atom stereocenters. The van der Waals surface area contributed by atoms with Crippen LogP contribution in [0.5, 0.6) is 0 Å². The van der Waals surface area contributed by atoms with Gasteiger partial charge in [-0.2, -0.15) is 0 Å². The minimum atomic E-state index is 0. The second-order valence-corrected chi connectivity index (χ2v) is 0. The normalized spacial score (nSPS) is 0. The Morgan fingerprint density at radius 2 is 0.429 bits per heavy atom. The molecule has 0 bridgehead atoms. The zero-order valence-electron chi connectivity index (χ0n) is 2.61. The van der Waals surface area contributed by atoms with Crippen LogP contribution in [-0.4, -0.2) is 0 Å². The van der Waals surface area contributed by atoms with Gasteiger partial charge in [-0.05, 0) is 0 Å². The summed E-state index contributed by atoms with van der Waals surface area (Å²) in [7, 11) is 0. The van der Waals surface area contributed by atoms with E-state index in [9.17, 15) is 0 Å². The fourth-order valence-electron chi connectivity index (χ4n) is 0. The van der Waals surface area contributed by atoms with Gasteiger partial charge in [-0.1, -0.05) is 0 Å². The summed E-state index contributed by atoms with van der Waals surface area (Å²) in [5, 5.41) is 0. The molecule has 0 atom stereocenters. The van der Waals surface area contributed by atoms with Crippen LogP contribution in [0.4, 0.5) is 0 Å². The average molecular weight is 288 g/mol. The Morgan fingerprint density at radius 1 is 0.429 bits per heavy atom. The van der Waals surface area contributed by atoms with Gasteiger partial charge in [0, 0.05) is 0 Å². The molecule has 0 heterocycles. The number of halogens is 5. The Kier molecular flexibility index (Phi) is 1230. The molecule has 0 saturated carbocycles. The molecule has 0 aliphatic carbocycles. The summed E-state index contributed by atoms with van der Waals surface area (Å²) in [5.74, 6) is 0. The van der Waals surface area contributed by atoms with Crippen molar-refractivity contribution in [2.45, 2.75) is 0 Å². The van der Waals surface area contributed by atoms with Gasteiger partial charge in [0.05, 0.1) is 0 Å². The van der Waals surface area contributed by atoms with E-state index >= 15 is 0 Å². The van der Waals surface area contributed by atoms with Crippen LogP contribution in [0.2, 0.25) is 0 Å². The summed E-state index contributed by atoms with van der Waals surface area (Å²) in [4.78, 5) is 0. The van der Waals surface area contributed by atoms with Crippen LogP contribution in [-0.2, 0) is 33.9 Å². The van der Waals surface area contributed by atoms with E-state index in [1.165, 1.54) is 0 Å². The van der Waals surface area contributed by atoms with Gasteiger partial charge in [0.1, 0.15) is 0 Å². The van der Waals surface area contributed by atoms with Crippen molar-refractivity contribution >= 4 is 0 Å². The topological polar surface area (TPSA) is 0 Å². The Bertz CT molecular complexity index is 8.04. The second kappa shape index (κ2) is 77.3. The van der Waals surface area contributed by atoms with Crippen LogP contribution < -0.4 is 62.0 Å². The van der Waals surface area contributed by atoms with E-state index in [0.717, 1.165) is 0 Å². The molecular formula is Cl5CrNi. The molecule has 1 radical (unpaired) electrons. The fraction of sp³-hybridized carbons (Fsp3) is 0. The van der Waals surface area contributed by atoms with Crippen molar-refractivity contribution in [3.05, 3.63) is 0 Å². The van der Waals surface area contributed by atoms with Crippen molar-refractivity contribution in [3.8, 4) is 0 Å².